The lowest BCUT2D eigenvalue weighted by atomic mass is 9.95. The van der Waals surface area contributed by atoms with E-state index < -0.39 is 0 Å². The maximum Gasteiger partial charge on any atom is 0.227 e. The van der Waals surface area contributed by atoms with Crippen molar-refractivity contribution in [2.75, 3.05) is 32.7 Å². The summed E-state index contributed by atoms with van der Waals surface area (Å²) in [6.07, 6.45) is 3.99. The SMILES string of the molecule is C[C@@H]1CNCCN1C(=O)C1CCCN(C(=O)C2CC2)C1.Cl. The van der Waals surface area contributed by atoms with Crippen LogP contribution in [0.1, 0.15) is 32.6 Å². The summed E-state index contributed by atoms with van der Waals surface area (Å²) in [5, 5.41) is 3.31. The minimum atomic E-state index is 0. The fraction of sp³-hybridized carbons (Fsp3) is 0.867. The number of hydrogen-bond acceptors (Lipinski definition) is 3. The van der Waals surface area contributed by atoms with E-state index in [9.17, 15) is 9.59 Å². The second-order valence-corrected chi connectivity index (χ2v) is 6.48. The van der Waals surface area contributed by atoms with Crippen molar-refractivity contribution in [3.8, 4) is 0 Å². The molecule has 2 atom stereocenters. The molecule has 0 bridgehead atoms. The second kappa shape index (κ2) is 6.97. The van der Waals surface area contributed by atoms with E-state index in [4.69, 9.17) is 0 Å². The van der Waals surface area contributed by atoms with Gasteiger partial charge in [0.1, 0.15) is 0 Å². The minimum Gasteiger partial charge on any atom is -0.342 e. The topological polar surface area (TPSA) is 52.7 Å². The van der Waals surface area contributed by atoms with Gasteiger partial charge in [0, 0.05) is 44.7 Å². The van der Waals surface area contributed by atoms with Gasteiger partial charge in [-0.25, -0.2) is 0 Å². The normalized spacial score (nSPS) is 29.8. The maximum absolute atomic E-state index is 12.7. The predicted molar refractivity (Wildman–Crippen MR) is 83.3 cm³/mol. The Morgan fingerprint density at radius 2 is 1.81 bits per heavy atom. The van der Waals surface area contributed by atoms with Crippen LogP contribution in [0.3, 0.4) is 0 Å². The first-order valence-corrected chi connectivity index (χ1v) is 7.97. The number of likely N-dealkylation sites (tertiary alicyclic amines) is 1. The number of piperazine rings is 1. The van der Waals surface area contributed by atoms with Gasteiger partial charge in [0.25, 0.3) is 0 Å². The van der Waals surface area contributed by atoms with Gasteiger partial charge in [-0.2, -0.15) is 0 Å². The molecule has 0 radical (unpaired) electrons. The molecule has 1 saturated carbocycles. The fourth-order valence-electron chi connectivity index (χ4n) is 3.37. The van der Waals surface area contributed by atoms with Crippen molar-refractivity contribution in [1.29, 1.82) is 0 Å². The Kier molecular flexibility index (Phi) is 5.49. The summed E-state index contributed by atoms with van der Waals surface area (Å²) in [5.74, 6) is 0.831. The molecule has 0 aromatic heterocycles. The monoisotopic (exact) mass is 315 g/mol. The van der Waals surface area contributed by atoms with Gasteiger partial charge in [0.15, 0.2) is 0 Å². The van der Waals surface area contributed by atoms with Crippen LogP contribution in [0.5, 0.6) is 0 Å². The van der Waals surface area contributed by atoms with Crippen LogP contribution in [-0.4, -0.2) is 60.4 Å². The Bertz CT molecular complexity index is 400. The molecule has 2 amide bonds. The summed E-state index contributed by atoms with van der Waals surface area (Å²) in [6.45, 7) is 6.14. The number of carbonyl (C=O) groups is 2. The molecule has 1 aliphatic carbocycles. The summed E-state index contributed by atoms with van der Waals surface area (Å²) in [4.78, 5) is 28.8. The van der Waals surface area contributed by atoms with Crippen LogP contribution in [-0.2, 0) is 9.59 Å². The lowest BCUT2D eigenvalue weighted by Crippen LogP contribution is -2.56. The highest BCUT2D eigenvalue weighted by Crippen LogP contribution is 2.32. The standard InChI is InChI=1S/C15H25N3O2.ClH/c1-11-9-16-6-8-18(11)15(20)13-3-2-7-17(10-13)14(19)12-4-5-12;/h11-13,16H,2-10H2,1H3;1H/t11-,13?;/m1./s1. The van der Waals surface area contributed by atoms with Crippen LogP contribution in [0.25, 0.3) is 0 Å². The number of halogens is 1. The molecule has 5 nitrogen and oxygen atoms in total. The molecule has 1 N–H and O–H groups in total. The van der Waals surface area contributed by atoms with Crippen molar-refractivity contribution >= 4 is 24.2 Å². The second-order valence-electron chi connectivity index (χ2n) is 6.48. The number of carbonyl (C=O) groups excluding carboxylic acids is 2. The van der Waals surface area contributed by atoms with E-state index in [-0.39, 0.29) is 42.1 Å². The molecule has 3 aliphatic rings. The summed E-state index contributed by atoms with van der Waals surface area (Å²) in [7, 11) is 0. The van der Waals surface area contributed by atoms with Gasteiger partial charge in [0.05, 0.1) is 5.92 Å². The minimum absolute atomic E-state index is 0. The lowest BCUT2D eigenvalue weighted by molar-refractivity contribution is -0.143. The van der Waals surface area contributed by atoms with Crippen molar-refractivity contribution < 1.29 is 9.59 Å². The number of rotatable bonds is 2. The molecule has 2 saturated heterocycles. The number of hydrogen-bond donors (Lipinski definition) is 1. The van der Waals surface area contributed by atoms with Gasteiger partial charge >= 0.3 is 0 Å². The zero-order valence-corrected chi connectivity index (χ0v) is 13.5. The number of nitrogens with zero attached hydrogens (tertiary/aromatic N) is 2. The predicted octanol–water partition coefficient (Wildman–Crippen LogP) is 0.877. The fourth-order valence-corrected chi connectivity index (χ4v) is 3.37. The number of piperidine rings is 1. The molecule has 0 aromatic carbocycles. The van der Waals surface area contributed by atoms with Gasteiger partial charge in [-0.05, 0) is 32.6 Å². The Balaban J connectivity index is 0.00000161. The molecule has 120 valence electrons. The zero-order valence-electron chi connectivity index (χ0n) is 12.7. The molecule has 3 rings (SSSR count). The molecule has 6 heteroatoms. The Morgan fingerprint density at radius 3 is 2.48 bits per heavy atom. The van der Waals surface area contributed by atoms with Crippen molar-refractivity contribution in [1.82, 2.24) is 15.1 Å². The molecule has 0 spiro atoms. The van der Waals surface area contributed by atoms with Crippen molar-refractivity contribution in [2.24, 2.45) is 11.8 Å². The number of nitrogens with one attached hydrogen (secondary N) is 1. The molecule has 3 fully saturated rings. The summed E-state index contributed by atoms with van der Waals surface area (Å²) in [5.41, 5.74) is 0. The zero-order chi connectivity index (χ0) is 14.1. The Morgan fingerprint density at radius 1 is 1.05 bits per heavy atom. The van der Waals surface area contributed by atoms with Crippen LogP contribution in [0.15, 0.2) is 0 Å². The van der Waals surface area contributed by atoms with Crippen molar-refractivity contribution in [3.05, 3.63) is 0 Å². The summed E-state index contributed by atoms with van der Waals surface area (Å²) < 4.78 is 0. The van der Waals surface area contributed by atoms with Crippen LogP contribution >= 0.6 is 12.4 Å². The quantitative estimate of drug-likeness (QED) is 0.823. The molecular weight excluding hydrogens is 290 g/mol. The van der Waals surface area contributed by atoms with Crippen LogP contribution in [0.4, 0.5) is 0 Å². The molecule has 2 aliphatic heterocycles. The van der Waals surface area contributed by atoms with E-state index in [1.54, 1.807) is 0 Å². The largest absolute Gasteiger partial charge is 0.342 e. The maximum atomic E-state index is 12.7. The average Bonchev–Trinajstić information content (AvgIpc) is 3.31. The van der Waals surface area contributed by atoms with E-state index >= 15 is 0 Å². The van der Waals surface area contributed by atoms with Gasteiger partial charge in [0.2, 0.25) is 11.8 Å². The third-order valence-corrected chi connectivity index (χ3v) is 4.79. The summed E-state index contributed by atoms with van der Waals surface area (Å²) >= 11 is 0. The number of amides is 2. The Labute approximate surface area is 132 Å². The van der Waals surface area contributed by atoms with Gasteiger partial charge in [-0.3, -0.25) is 9.59 Å². The molecule has 21 heavy (non-hydrogen) atoms. The van der Waals surface area contributed by atoms with E-state index in [0.717, 1.165) is 51.9 Å². The first-order valence-electron chi connectivity index (χ1n) is 7.97. The highest BCUT2D eigenvalue weighted by atomic mass is 35.5. The van der Waals surface area contributed by atoms with Crippen LogP contribution < -0.4 is 5.32 Å². The van der Waals surface area contributed by atoms with Crippen LogP contribution in [0.2, 0.25) is 0 Å². The molecular formula is C15H26ClN3O2. The smallest absolute Gasteiger partial charge is 0.227 e. The van der Waals surface area contributed by atoms with E-state index in [2.05, 4.69) is 12.2 Å². The van der Waals surface area contributed by atoms with Crippen molar-refractivity contribution in [3.63, 3.8) is 0 Å². The third-order valence-electron chi connectivity index (χ3n) is 4.79. The Hall–Kier alpha value is -0.810. The van der Waals surface area contributed by atoms with Gasteiger partial charge in [-0.1, -0.05) is 0 Å². The van der Waals surface area contributed by atoms with E-state index in [0.29, 0.717) is 6.54 Å². The molecule has 1 unspecified atom stereocenters. The van der Waals surface area contributed by atoms with Gasteiger partial charge in [-0.15, -0.1) is 12.4 Å². The average molecular weight is 316 g/mol. The van der Waals surface area contributed by atoms with E-state index in [1.165, 1.54) is 0 Å². The highest BCUT2D eigenvalue weighted by molar-refractivity contribution is 5.85. The summed E-state index contributed by atoms with van der Waals surface area (Å²) in [6, 6.07) is 0.269. The molecule has 0 aromatic rings. The third kappa shape index (κ3) is 3.69. The highest BCUT2D eigenvalue weighted by Gasteiger charge is 2.38. The van der Waals surface area contributed by atoms with Gasteiger partial charge < -0.3 is 15.1 Å². The van der Waals surface area contributed by atoms with Crippen LogP contribution in [0, 0.1) is 11.8 Å². The van der Waals surface area contributed by atoms with Crippen molar-refractivity contribution in [2.45, 2.75) is 38.6 Å². The first kappa shape index (κ1) is 16.6. The lowest BCUT2D eigenvalue weighted by Gasteiger charge is -2.39. The van der Waals surface area contributed by atoms with E-state index in [1.807, 2.05) is 9.80 Å². The first-order chi connectivity index (χ1) is 9.66. The molecule has 2 heterocycles.